The van der Waals surface area contributed by atoms with E-state index in [2.05, 4.69) is 59.0 Å². The molecule has 0 saturated carbocycles. The standard InChI is InChI=1S/C17H29NO/c1-7-9-18-17(15(6)19-8-2)16-11-13(4)12(3)10-14(16)5/h10-11,15,17-18H,7-9H2,1-6H3. The largest absolute Gasteiger partial charge is 0.377 e. The molecule has 1 aromatic rings. The van der Waals surface area contributed by atoms with Gasteiger partial charge in [-0.25, -0.2) is 0 Å². The molecule has 2 atom stereocenters. The van der Waals surface area contributed by atoms with Gasteiger partial charge in [-0.15, -0.1) is 0 Å². The van der Waals surface area contributed by atoms with E-state index < -0.39 is 0 Å². The highest BCUT2D eigenvalue weighted by molar-refractivity contribution is 5.38. The second-order valence-electron chi connectivity index (χ2n) is 5.39. The minimum absolute atomic E-state index is 0.192. The Morgan fingerprint density at radius 2 is 1.68 bits per heavy atom. The first kappa shape index (κ1) is 16.2. The van der Waals surface area contributed by atoms with Gasteiger partial charge in [0.25, 0.3) is 0 Å². The van der Waals surface area contributed by atoms with Gasteiger partial charge in [-0.1, -0.05) is 19.1 Å². The SMILES string of the molecule is CCCNC(c1cc(C)c(C)cc1C)C(C)OCC. The Morgan fingerprint density at radius 3 is 2.26 bits per heavy atom. The fourth-order valence-corrected chi connectivity index (χ4v) is 2.51. The Labute approximate surface area is 118 Å². The number of hydrogen-bond acceptors (Lipinski definition) is 2. The molecular formula is C17H29NO. The first-order valence-electron chi connectivity index (χ1n) is 7.43. The minimum Gasteiger partial charge on any atom is -0.377 e. The van der Waals surface area contributed by atoms with Crippen molar-refractivity contribution in [1.29, 1.82) is 0 Å². The van der Waals surface area contributed by atoms with Crippen LogP contribution in [0.2, 0.25) is 0 Å². The van der Waals surface area contributed by atoms with Crippen LogP contribution in [0.3, 0.4) is 0 Å². The monoisotopic (exact) mass is 263 g/mol. The highest BCUT2D eigenvalue weighted by atomic mass is 16.5. The second-order valence-corrected chi connectivity index (χ2v) is 5.39. The number of benzene rings is 1. The average molecular weight is 263 g/mol. The molecule has 2 unspecified atom stereocenters. The Kier molecular flexibility index (Phi) is 6.53. The predicted molar refractivity (Wildman–Crippen MR) is 82.8 cm³/mol. The average Bonchev–Trinajstić information content (AvgIpc) is 2.36. The summed E-state index contributed by atoms with van der Waals surface area (Å²) in [6.07, 6.45) is 1.33. The minimum atomic E-state index is 0.192. The maximum Gasteiger partial charge on any atom is 0.0741 e. The summed E-state index contributed by atoms with van der Waals surface area (Å²) in [6, 6.07) is 4.87. The van der Waals surface area contributed by atoms with Crippen molar-refractivity contribution in [1.82, 2.24) is 5.32 Å². The van der Waals surface area contributed by atoms with Crippen molar-refractivity contribution in [3.8, 4) is 0 Å². The van der Waals surface area contributed by atoms with Crippen LogP contribution in [0, 0.1) is 20.8 Å². The van der Waals surface area contributed by atoms with Gasteiger partial charge in [0.1, 0.15) is 0 Å². The van der Waals surface area contributed by atoms with Gasteiger partial charge in [0.05, 0.1) is 12.1 Å². The van der Waals surface area contributed by atoms with E-state index in [9.17, 15) is 0 Å². The van der Waals surface area contributed by atoms with Gasteiger partial charge >= 0.3 is 0 Å². The molecule has 0 amide bonds. The van der Waals surface area contributed by atoms with Gasteiger partial charge in [-0.05, 0) is 69.8 Å². The molecule has 0 aliphatic carbocycles. The lowest BCUT2D eigenvalue weighted by Gasteiger charge is -2.27. The van der Waals surface area contributed by atoms with Crippen molar-refractivity contribution < 1.29 is 4.74 Å². The summed E-state index contributed by atoms with van der Waals surface area (Å²) in [4.78, 5) is 0. The van der Waals surface area contributed by atoms with E-state index in [-0.39, 0.29) is 12.1 Å². The van der Waals surface area contributed by atoms with E-state index >= 15 is 0 Å². The van der Waals surface area contributed by atoms with E-state index in [1.807, 2.05) is 0 Å². The molecule has 1 aromatic carbocycles. The topological polar surface area (TPSA) is 21.3 Å². The zero-order chi connectivity index (χ0) is 14.4. The van der Waals surface area contributed by atoms with E-state index in [1.165, 1.54) is 22.3 Å². The Balaban J connectivity index is 3.05. The molecule has 0 saturated heterocycles. The van der Waals surface area contributed by atoms with Crippen LogP contribution in [-0.4, -0.2) is 19.3 Å². The van der Waals surface area contributed by atoms with E-state index in [1.54, 1.807) is 0 Å². The van der Waals surface area contributed by atoms with Crippen molar-refractivity contribution in [3.63, 3.8) is 0 Å². The van der Waals surface area contributed by atoms with Crippen LogP contribution >= 0.6 is 0 Å². The third-order valence-electron chi connectivity index (χ3n) is 3.73. The molecular weight excluding hydrogens is 234 g/mol. The zero-order valence-corrected chi connectivity index (χ0v) is 13.3. The summed E-state index contributed by atoms with van der Waals surface area (Å²) in [7, 11) is 0. The molecule has 0 spiro atoms. The van der Waals surface area contributed by atoms with Crippen LogP contribution in [0.25, 0.3) is 0 Å². The van der Waals surface area contributed by atoms with Crippen molar-refractivity contribution in [2.75, 3.05) is 13.2 Å². The first-order valence-corrected chi connectivity index (χ1v) is 7.43. The van der Waals surface area contributed by atoms with Crippen LogP contribution in [0.1, 0.15) is 55.5 Å². The lowest BCUT2D eigenvalue weighted by Crippen LogP contribution is -2.33. The van der Waals surface area contributed by atoms with Crippen LogP contribution in [0.15, 0.2) is 12.1 Å². The van der Waals surface area contributed by atoms with Crippen molar-refractivity contribution in [2.24, 2.45) is 0 Å². The van der Waals surface area contributed by atoms with E-state index in [0.717, 1.165) is 19.6 Å². The molecule has 19 heavy (non-hydrogen) atoms. The molecule has 2 nitrogen and oxygen atoms in total. The fourth-order valence-electron chi connectivity index (χ4n) is 2.51. The molecule has 1 rings (SSSR count). The van der Waals surface area contributed by atoms with Gasteiger partial charge in [-0.3, -0.25) is 0 Å². The number of ether oxygens (including phenoxy) is 1. The summed E-state index contributed by atoms with van der Waals surface area (Å²) in [6.45, 7) is 14.7. The number of rotatable bonds is 7. The second kappa shape index (κ2) is 7.66. The van der Waals surface area contributed by atoms with Crippen molar-refractivity contribution in [3.05, 3.63) is 34.4 Å². The van der Waals surface area contributed by atoms with Crippen LogP contribution < -0.4 is 5.32 Å². The molecule has 0 bridgehead atoms. The summed E-state index contributed by atoms with van der Waals surface area (Å²) in [5.41, 5.74) is 5.44. The van der Waals surface area contributed by atoms with Gasteiger partial charge < -0.3 is 10.1 Å². The Bertz CT molecular complexity index is 400. The van der Waals surface area contributed by atoms with Crippen LogP contribution in [0.5, 0.6) is 0 Å². The van der Waals surface area contributed by atoms with Gasteiger partial charge in [0.2, 0.25) is 0 Å². The third kappa shape index (κ3) is 4.32. The number of hydrogen-bond donors (Lipinski definition) is 1. The summed E-state index contributed by atoms with van der Waals surface area (Å²) >= 11 is 0. The van der Waals surface area contributed by atoms with Crippen molar-refractivity contribution in [2.45, 2.75) is 60.1 Å². The summed E-state index contributed by atoms with van der Waals surface area (Å²) in [5.74, 6) is 0. The van der Waals surface area contributed by atoms with Crippen LogP contribution in [-0.2, 0) is 4.74 Å². The maximum absolute atomic E-state index is 5.82. The summed E-state index contributed by atoms with van der Waals surface area (Å²) < 4.78 is 5.82. The number of aryl methyl sites for hydroxylation is 3. The molecule has 0 aliphatic heterocycles. The Morgan fingerprint density at radius 1 is 1.05 bits per heavy atom. The van der Waals surface area contributed by atoms with E-state index in [0.29, 0.717) is 0 Å². The van der Waals surface area contributed by atoms with Gasteiger partial charge in [0.15, 0.2) is 0 Å². The molecule has 0 heterocycles. The highest BCUT2D eigenvalue weighted by Crippen LogP contribution is 2.25. The zero-order valence-electron chi connectivity index (χ0n) is 13.3. The number of nitrogens with one attached hydrogen (secondary N) is 1. The van der Waals surface area contributed by atoms with Crippen LogP contribution in [0.4, 0.5) is 0 Å². The molecule has 0 fully saturated rings. The van der Waals surface area contributed by atoms with Crippen molar-refractivity contribution >= 4 is 0 Å². The maximum atomic E-state index is 5.82. The molecule has 0 aromatic heterocycles. The predicted octanol–water partition coefficient (Wildman–Crippen LogP) is 4.08. The molecule has 0 radical (unpaired) electrons. The lowest BCUT2D eigenvalue weighted by molar-refractivity contribution is 0.0471. The fraction of sp³-hybridized carbons (Fsp3) is 0.647. The quantitative estimate of drug-likeness (QED) is 0.800. The van der Waals surface area contributed by atoms with Gasteiger partial charge in [0, 0.05) is 6.61 Å². The third-order valence-corrected chi connectivity index (χ3v) is 3.73. The normalized spacial score (nSPS) is 14.4. The van der Waals surface area contributed by atoms with Gasteiger partial charge in [-0.2, -0.15) is 0 Å². The molecule has 0 aliphatic rings. The highest BCUT2D eigenvalue weighted by Gasteiger charge is 2.21. The smallest absolute Gasteiger partial charge is 0.0741 e. The molecule has 108 valence electrons. The Hall–Kier alpha value is -0.860. The molecule has 2 heteroatoms. The first-order chi connectivity index (χ1) is 9.01. The van der Waals surface area contributed by atoms with E-state index in [4.69, 9.17) is 4.74 Å². The molecule has 1 N–H and O–H groups in total. The lowest BCUT2D eigenvalue weighted by atomic mass is 9.93. The summed E-state index contributed by atoms with van der Waals surface area (Å²) in [5, 5.41) is 3.63.